The van der Waals surface area contributed by atoms with Gasteiger partial charge in [0.2, 0.25) is 0 Å². The summed E-state index contributed by atoms with van der Waals surface area (Å²) < 4.78 is 4.68. The van der Waals surface area contributed by atoms with Gasteiger partial charge in [-0.25, -0.2) is 0 Å². The first-order valence-corrected chi connectivity index (χ1v) is 3.47. The molecule has 0 unspecified atom stereocenters. The van der Waals surface area contributed by atoms with Gasteiger partial charge in [0.1, 0.15) is 0 Å². The third-order valence-electron chi connectivity index (χ3n) is 1.19. The Kier molecular flexibility index (Phi) is 2.64. The normalized spacial score (nSPS) is 9.27. The SMILES string of the molecule is O=C(O)c1ccccc1[O][Pd]. The average Bonchev–Trinajstić information content (AvgIpc) is 2.04. The van der Waals surface area contributed by atoms with Crippen molar-refractivity contribution in [2.24, 2.45) is 0 Å². The molecule has 3 nitrogen and oxygen atoms in total. The fourth-order valence-electron chi connectivity index (χ4n) is 0.700. The van der Waals surface area contributed by atoms with Crippen molar-refractivity contribution in [2.45, 2.75) is 0 Å². The third kappa shape index (κ3) is 1.79. The summed E-state index contributed by atoms with van der Waals surface area (Å²) in [7, 11) is 0. The number of hydrogen-bond acceptors (Lipinski definition) is 2. The zero-order valence-electron chi connectivity index (χ0n) is 5.39. The summed E-state index contributed by atoms with van der Waals surface area (Å²) >= 11 is 2.46. The first-order chi connectivity index (χ1) is 5.25. The first-order valence-electron chi connectivity index (χ1n) is 2.84. The number of carbonyl (C=O) groups is 1. The monoisotopic (exact) mass is 243 g/mol. The van der Waals surface area contributed by atoms with E-state index in [1.54, 1.807) is 18.2 Å². The Bertz CT molecular complexity index is 272. The predicted molar refractivity (Wildman–Crippen MR) is 34.0 cm³/mol. The molecule has 0 atom stereocenters. The summed E-state index contributed by atoms with van der Waals surface area (Å²) in [6.45, 7) is 0. The van der Waals surface area contributed by atoms with Crippen LogP contribution in [0.4, 0.5) is 0 Å². The Morgan fingerprint density at radius 1 is 1.45 bits per heavy atom. The van der Waals surface area contributed by atoms with Gasteiger partial charge in [0.25, 0.3) is 0 Å². The van der Waals surface area contributed by atoms with Crippen molar-refractivity contribution in [3.8, 4) is 5.75 Å². The predicted octanol–water partition coefficient (Wildman–Crippen LogP) is 1.23. The number of para-hydroxylation sites is 1. The van der Waals surface area contributed by atoms with Crippen molar-refractivity contribution in [2.75, 3.05) is 0 Å². The van der Waals surface area contributed by atoms with Gasteiger partial charge < -0.3 is 0 Å². The van der Waals surface area contributed by atoms with Crippen LogP contribution < -0.4 is 3.46 Å². The van der Waals surface area contributed by atoms with Gasteiger partial charge in [-0.1, -0.05) is 0 Å². The van der Waals surface area contributed by atoms with Crippen LogP contribution in [0.2, 0.25) is 0 Å². The maximum atomic E-state index is 10.5. The van der Waals surface area contributed by atoms with E-state index in [1.807, 2.05) is 0 Å². The summed E-state index contributed by atoms with van der Waals surface area (Å²) in [6.07, 6.45) is 0. The molecule has 0 heterocycles. The molecule has 0 aromatic heterocycles. The third-order valence-corrected chi connectivity index (χ3v) is 1.53. The molecular formula is C7H5O3Pd. The second kappa shape index (κ2) is 3.52. The summed E-state index contributed by atoms with van der Waals surface area (Å²) in [5.74, 6) is -0.672. The average molecular weight is 244 g/mol. The Morgan fingerprint density at radius 2 is 2.09 bits per heavy atom. The van der Waals surface area contributed by atoms with Crippen molar-refractivity contribution in [1.29, 1.82) is 0 Å². The van der Waals surface area contributed by atoms with Crippen LogP contribution in [-0.4, -0.2) is 11.1 Å². The van der Waals surface area contributed by atoms with Gasteiger partial charge in [-0.05, 0) is 0 Å². The van der Waals surface area contributed by atoms with Gasteiger partial charge in [0.15, 0.2) is 0 Å². The van der Waals surface area contributed by atoms with E-state index >= 15 is 0 Å². The molecule has 4 heteroatoms. The molecule has 0 aliphatic heterocycles. The fraction of sp³-hybridized carbons (Fsp3) is 0. The van der Waals surface area contributed by atoms with Crippen molar-refractivity contribution < 1.29 is 32.9 Å². The van der Waals surface area contributed by atoms with E-state index < -0.39 is 5.97 Å². The molecule has 0 fully saturated rings. The summed E-state index contributed by atoms with van der Waals surface area (Å²) in [5.41, 5.74) is 0.152. The summed E-state index contributed by atoms with van der Waals surface area (Å²) in [4.78, 5) is 10.5. The number of carboxylic acid groups (broad SMARTS) is 1. The molecule has 0 bridgehead atoms. The number of rotatable bonds is 2. The molecule has 0 radical (unpaired) electrons. The summed E-state index contributed by atoms with van der Waals surface area (Å²) in [5, 5.41) is 8.60. The summed E-state index contributed by atoms with van der Waals surface area (Å²) in [6, 6.07) is 6.40. The fourth-order valence-corrected chi connectivity index (χ4v) is 0.976. The van der Waals surface area contributed by atoms with E-state index in [1.165, 1.54) is 6.07 Å². The van der Waals surface area contributed by atoms with E-state index in [2.05, 4.69) is 23.0 Å². The van der Waals surface area contributed by atoms with Crippen molar-refractivity contribution in [3.63, 3.8) is 0 Å². The molecule has 1 aromatic carbocycles. The zero-order chi connectivity index (χ0) is 8.27. The van der Waals surface area contributed by atoms with Gasteiger partial charge in [-0.15, -0.1) is 0 Å². The molecule has 0 aliphatic rings. The van der Waals surface area contributed by atoms with Gasteiger partial charge >= 0.3 is 74.5 Å². The maximum absolute atomic E-state index is 10.5. The van der Waals surface area contributed by atoms with E-state index in [9.17, 15) is 4.79 Å². The van der Waals surface area contributed by atoms with Crippen LogP contribution in [0.3, 0.4) is 0 Å². The molecule has 0 aliphatic carbocycles. The van der Waals surface area contributed by atoms with Crippen LogP contribution in [-0.2, 0) is 19.6 Å². The second-order valence-electron chi connectivity index (χ2n) is 1.87. The molecule has 0 saturated heterocycles. The minimum atomic E-state index is -0.994. The Hall–Kier alpha value is -0.848. The number of benzene rings is 1. The van der Waals surface area contributed by atoms with E-state index in [0.717, 1.165) is 0 Å². The molecule has 0 saturated carbocycles. The second-order valence-corrected chi connectivity index (χ2v) is 2.18. The number of aromatic carboxylic acids is 1. The van der Waals surface area contributed by atoms with Crippen molar-refractivity contribution in [1.82, 2.24) is 0 Å². The van der Waals surface area contributed by atoms with Gasteiger partial charge in [0, 0.05) is 0 Å². The van der Waals surface area contributed by atoms with Crippen molar-refractivity contribution in [3.05, 3.63) is 29.8 Å². The molecule has 1 N–H and O–H groups in total. The van der Waals surface area contributed by atoms with E-state index in [0.29, 0.717) is 5.75 Å². The molecule has 61 valence electrons. The molecule has 0 amide bonds. The topological polar surface area (TPSA) is 46.5 Å². The molecule has 1 aromatic rings. The van der Waals surface area contributed by atoms with Crippen molar-refractivity contribution >= 4 is 5.97 Å². The Morgan fingerprint density at radius 3 is 2.55 bits per heavy atom. The van der Waals surface area contributed by atoms with Crippen LogP contribution in [0.5, 0.6) is 5.75 Å². The Labute approximate surface area is 74.8 Å². The van der Waals surface area contributed by atoms with Gasteiger partial charge in [-0.2, -0.15) is 0 Å². The van der Waals surface area contributed by atoms with E-state index in [-0.39, 0.29) is 5.56 Å². The van der Waals surface area contributed by atoms with Gasteiger partial charge in [-0.3, -0.25) is 0 Å². The number of carboxylic acids is 1. The Balaban J connectivity index is 3.12. The molecule has 0 spiro atoms. The van der Waals surface area contributed by atoms with Crippen LogP contribution in [0.1, 0.15) is 10.4 Å². The quantitative estimate of drug-likeness (QED) is 0.795. The molecule has 11 heavy (non-hydrogen) atoms. The van der Waals surface area contributed by atoms with Crippen LogP contribution in [0, 0.1) is 0 Å². The number of hydrogen-bond donors (Lipinski definition) is 1. The minimum absolute atomic E-state index is 0.152. The van der Waals surface area contributed by atoms with E-state index in [4.69, 9.17) is 5.11 Å². The molecule has 1 rings (SSSR count). The van der Waals surface area contributed by atoms with Crippen LogP contribution in [0.25, 0.3) is 0 Å². The van der Waals surface area contributed by atoms with Crippen LogP contribution in [0.15, 0.2) is 24.3 Å². The standard InChI is InChI=1S/C7H6O3.Pd/c8-6-4-2-1-3-5(6)7(9)10;/h1-4,8H,(H,9,10);/q;+1/p-1. The molecular weight excluding hydrogens is 238 g/mol. The first kappa shape index (κ1) is 8.25. The zero-order valence-corrected chi connectivity index (χ0v) is 6.94. The van der Waals surface area contributed by atoms with Crippen LogP contribution >= 0.6 is 0 Å². The van der Waals surface area contributed by atoms with Gasteiger partial charge in [0.05, 0.1) is 0 Å².